The van der Waals surface area contributed by atoms with Gasteiger partial charge in [-0.2, -0.15) is 0 Å². The minimum atomic E-state index is -0.794. The van der Waals surface area contributed by atoms with Gasteiger partial charge in [0.15, 0.2) is 0 Å². The number of nitrogens with zero attached hydrogens (tertiary/aromatic N) is 1. The number of amides is 1. The zero-order valence-corrected chi connectivity index (χ0v) is 11.9. The average molecular weight is 258 g/mol. The molecule has 0 fully saturated rings. The average Bonchev–Trinajstić information content (AvgIpc) is 2.33. The molecule has 0 heterocycles. The van der Waals surface area contributed by atoms with Crippen LogP contribution in [0.15, 0.2) is 0 Å². The molecular weight excluding hydrogens is 232 g/mol. The molecule has 0 radical (unpaired) electrons. The van der Waals surface area contributed by atoms with Gasteiger partial charge in [-0.3, -0.25) is 14.5 Å². The molecule has 2 N–H and O–H groups in total. The highest BCUT2D eigenvalue weighted by atomic mass is 16.4. The zero-order valence-electron chi connectivity index (χ0n) is 11.9. The lowest BCUT2D eigenvalue weighted by atomic mass is 10.1. The fourth-order valence-corrected chi connectivity index (χ4v) is 1.69. The summed E-state index contributed by atoms with van der Waals surface area (Å²) in [5, 5.41) is 11.6. The van der Waals surface area contributed by atoms with E-state index in [4.69, 9.17) is 5.11 Å². The number of carbonyl (C=O) groups is 2. The van der Waals surface area contributed by atoms with Crippen LogP contribution in [0.5, 0.6) is 0 Å². The molecule has 106 valence electrons. The highest BCUT2D eigenvalue weighted by molar-refractivity contribution is 5.81. The first kappa shape index (κ1) is 16.9. The van der Waals surface area contributed by atoms with Gasteiger partial charge in [-0.25, -0.2) is 0 Å². The van der Waals surface area contributed by atoms with Crippen LogP contribution in [0.25, 0.3) is 0 Å². The van der Waals surface area contributed by atoms with Crippen LogP contribution in [0.4, 0.5) is 0 Å². The SMILES string of the molecule is CCC(CC)NC(=O)C(C)N(C)CCCC(=O)O. The third kappa shape index (κ3) is 6.59. The predicted molar refractivity (Wildman–Crippen MR) is 71.5 cm³/mol. The fraction of sp³-hybridized carbons (Fsp3) is 0.846. The van der Waals surface area contributed by atoms with Gasteiger partial charge in [0.05, 0.1) is 6.04 Å². The van der Waals surface area contributed by atoms with Gasteiger partial charge in [0.1, 0.15) is 0 Å². The van der Waals surface area contributed by atoms with Crippen LogP contribution in [0, 0.1) is 0 Å². The largest absolute Gasteiger partial charge is 0.481 e. The lowest BCUT2D eigenvalue weighted by Gasteiger charge is -2.25. The molecule has 0 bridgehead atoms. The second-order valence-electron chi connectivity index (χ2n) is 4.68. The van der Waals surface area contributed by atoms with Gasteiger partial charge in [-0.15, -0.1) is 0 Å². The van der Waals surface area contributed by atoms with E-state index in [1.54, 1.807) is 0 Å². The number of hydrogen-bond acceptors (Lipinski definition) is 3. The Morgan fingerprint density at radius 1 is 1.28 bits per heavy atom. The molecule has 18 heavy (non-hydrogen) atoms. The van der Waals surface area contributed by atoms with Crippen molar-refractivity contribution in [2.45, 2.75) is 58.5 Å². The summed E-state index contributed by atoms with van der Waals surface area (Å²) in [6.45, 7) is 6.56. The summed E-state index contributed by atoms with van der Waals surface area (Å²) in [7, 11) is 1.85. The molecule has 5 heteroatoms. The molecule has 1 unspecified atom stereocenters. The Morgan fingerprint density at radius 3 is 2.28 bits per heavy atom. The van der Waals surface area contributed by atoms with E-state index < -0.39 is 5.97 Å². The Bertz CT molecular complexity index is 265. The second-order valence-corrected chi connectivity index (χ2v) is 4.68. The number of hydrogen-bond donors (Lipinski definition) is 2. The van der Waals surface area contributed by atoms with Crippen molar-refractivity contribution in [2.24, 2.45) is 0 Å². The van der Waals surface area contributed by atoms with E-state index in [0.717, 1.165) is 12.8 Å². The van der Waals surface area contributed by atoms with E-state index in [-0.39, 0.29) is 24.4 Å². The summed E-state index contributed by atoms with van der Waals surface area (Å²) in [4.78, 5) is 24.2. The van der Waals surface area contributed by atoms with Crippen molar-refractivity contribution in [3.05, 3.63) is 0 Å². The smallest absolute Gasteiger partial charge is 0.303 e. The fourth-order valence-electron chi connectivity index (χ4n) is 1.69. The molecule has 0 aromatic carbocycles. The first-order valence-electron chi connectivity index (χ1n) is 6.64. The Kier molecular flexibility index (Phi) is 8.37. The number of aliphatic carboxylic acids is 1. The van der Waals surface area contributed by atoms with Gasteiger partial charge >= 0.3 is 5.97 Å². The van der Waals surface area contributed by atoms with Crippen LogP contribution in [-0.2, 0) is 9.59 Å². The second kappa shape index (κ2) is 8.91. The summed E-state index contributed by atoms with van der Waals surface area (Å²) in [6, 6.07) is 0.00626. The van der Waals surface area contributed by atoms with E-state index in [9.17, 15) is 9.59 Å². The summed E-state index contributed by atoms with van der Waals surface area (Å²) in [5.74, 6) is -0.779. The summed E-state index contributed by atoms with van der Waals surface area (Å²) < 4.78 is 0. The van der Waals surface area contributed by atoms with E-state index in [2.05, 4.69) is 19.2 Å². The van der Waals surface area contributed by atoms with Gasteiger partial charge in [0, 0.05) is 12.5 Å². The van der Waals surface area contributed by atoms with Crippen molar-refractivity contribution < 1.29 is 14.7 Å². The predicted octanol–water partition coefficient (Wildman–Crippen LogP) is 1.48. The minimum Gasteiger partial charge on any atom is -0.481 e. The third-order valence-corrected chi connectivity index (χ3v) is 3.27. The van der Waals surface area contributed by atoms with Crippen LogP contribution < -0.4 is 5.32 Å². The maximum atomic E-state index is 11.9. The Morgan fingerprint density at radius 2 is 1.83 bits per heavy atom. The van der Waals surface area contributed by atoms with Gasteiger partial charge in [0.2, 0.25) is 5.91 Å². The highest BCUT2D eigenvalue weighted by Gasteiger charge is 2.19. The molecule has 0 spiro atoms. The van der Waals surface area contributed by atoms with Crippen LogP contribution in [0.2, 0.25) is 0 Å². The van der Waals surface area contributed by atoms with Crippen molar-refractivity contribution in [1.82, 2.24) is 10.2 Å². The molecule has 1 amide bonds. The quantitative estimate of drug-likeness (QED) is 0.657. The van der Waals surface area contributed by atoms with Gasteiger partial charge < -0.3 is 10.4 Å². The number of likely N-dealkylation sites (N-methyl/N-ethyl adjacent to an activating group) is 1. The summed E-state index contributed by atoms with van der Waals surface area (Å²) in [5.41, 5.74) is 0. The normalized spacial score (nSPS) is 12.8. The molecule has 0 aliphatic heterocycles. The van der Waals surface area contributed by atoms with Crippen molar-refractivity contribution in [2.75, 3.05) is 13.6 Å². The summed E-state index contributed by atoms with van der Waals surface area (Å²) >= 11 is 0. The van der Waals surface area contributed by atoms with Crippen molar-refractivity contribution in [3.63, 3.8) is 0 Å². The number of carboxylic acids is 1. The number of carboxylic acid groups (broad SMARTS) is 1. The third-order valence-electron chi connectivity index (χ3n) is 3.27. The Labute approximate surface area is 110 Å². The van der Waals surface area contributed by atoms with Crippen LogP contribution in [0.1, 0.15) is 46.5 Å². The highest BCUT2D eigenvalue weighted by Crippen LogP contribution is 2.02. The first-order chi connectivity index (χ1) is 8.42. The van der Waals surface area contributed by atoms with Crippen molar-refractivity contribution in [3.8, 4) is 0 Å². The first-order valence-corrected chi connectivity index (χ1v) is 6.64. The maximum absolute atomic E-state index is 11.9. The lowest BCUT2D eigenvalue weighted by molar-refractivity contribution is -0.137. The summed E-state index contributed by atoms with van der Waals surface area (Å²) in [6.07, 6.45) is 2.56. The topological polar surface area (TPSA) is 69.6 Å². The molecule has 0 rings (SSSR count). The number of rotatable bonds is 9. The van der Waals surface area contributed by atoms with E-state index in [0.29, 0.717) is 13.0 Å². The number of nitrogens with one attached hydrogen (secondary N) is 1. The Balaban J connectivity index is 4.07. The van der Waals surface area contributed by atoms with Gasteiger partial charge in [0.25, 0.3) is 0 Å². The monoisotopic (exact) mass is 258 g/mol. The Hall–Kier alpha value is -1.10. The maximum Gasteiger partial charge on any atom is 0.303 e. The van der Waals surface area contributed by atoms with Gasteiger partial charge in [-0.05, 0) is 39.8 Å². The molecular formula is C13H26N2O3. The van der Waals surface area contributed by atoms with Gasteiger partial charge in [-0.1, -0.05) is 13.8 Å². The zero-order chi connectivity index (χ0) is 14.1. The molecule has 0 aliphatic carbocycles. The molecule has 0 aliphatic rings. The molecule has 0 saturated heterocycles. The molecule has 5 nitrogen and oxygen atoms in total. The molecule has 1 atom stereocenters. The molecule has 0 saturated carbocycles. The van der Waals surface area contributed by atoms with Crippen LogP contribution in [0.3, 0.4) is 0 Å². The van der Waals surface area contributed by atoms with Crippen LogP contribution >= 0.6 is 0 Å². The van der Waals surface area contributed by atoms with E-state index in [1.807, 2.05) is 18.9 Å². The molecule has 0 aromatic heterocycles. The molecule has 0 aromatic rings. The lowest BCUT2D eigenvalue weighted by Crippen LogP contribution is -2.47. The minimum absolute atomic E-state index is 0.0153. The van der Waals surface area contributed by atoms with Crippen LogP contribution in [-0.4, -0.2) is 47.6 Å². The number of carbonyl (C=O) groups excluding carboxylic acids is 1. The van der Waals surface area contributed by atoms with Crippen molar-refractivity contribution >= 4 is 11.9 Å². The van der Waals surface area contributed by atoms with Crippen molar-refractivity contribution in [1.29, 1.82) is 0 Å². The van der Waals surface area contributed by atoms with E-state index >= 15 is 0 Å². The standard InChI is InChI=1S/C13H26N2O3/c1-5-11(6-2)14-13(18)10(3)15(4)9-7-8-12(16)17/h10-11H,5-9H2,1-4H3,(H,14,18)(H,16,17). The van der Waals surface area contributed by atoms with E-state index in [1.165, 1.54) is 0 Å².